The van der Waals surface area contributed by atoms with Crippen molar-refractivity contribution in [3.63, 3.8) is 0 Å². The fourth-order valence-electron chi connectivity index (χ4n) is 2.04. The van der Waals surface area contributed by atoms with Gasteiger partial charge in [0.15, 0.2) is 0 Å². The van der Waals surface area contributed by atoms with E-state index < -0.39 is 10.0 Å². The summed E-state index contributed by atoms with van der Waals surface area (Å²) in [6.07, 6.45) is 0. The Morgan fingerprint density at radius 2 is 1.75 bits per heavy atom. The monoisotopic (exact) mass is 306 g/mol. The zero-order valence-electron chi connectivity index (χ0n) is 10.4. The van der Waals surface area contributed by atoms with Crippen molar-refractivity contribution >= 4 is 27.5 Å². The predicted molar refractivity (Wildman–Crippen MR) is 78.5 cm³/mol. The molecule has 3 rings (SSSR count). The van der Waals surface area contributed by atoms with Crippen LogP contribution in [-0.2, 0) is 16.6 Å². The fourth-order valence-corrected chi connectivity index (χ4v) is 3.49. The lowest BCUT2D eigenvalue weighted by molar-refractivity contribution is 0.595. The largest absolute Gasteiger partial charge is 0.263 e. The third kappa shape index (κ3) is 2.30. The molecule has 0 unspecified atom stereocenters. The van der Waals surface area contributed by atoms with Crippen molar-refractivity contribution in [1.82, 2.24) is 4.72 Å². The maximum atomic E-state index is 11.9. The number of hydrogen-bond acceptors (Lipinski definition) is 3. The van der Waals surface area contributed by atoms with Crippen LogP contribution in [0.4, 0.5) is 0 Å². The van der Waals surface area contributed by atoms with E-state index in [4.69, 9.17) is 11.6 Å². The first-order valence-electron chi connectivity index (χ1n) is 5.98. The number of rotatable bonds is 2. The van der Waals surface area contributed by atoms with Crippen LogP contribution in [0.3, 0.4) is 0 Å². The molecule has 0 saturated heterocycles. The molecule has 0 aromatic heterocycles. The van der Waals surface area contributed by atoms with E-state index in [1.165, 1.54) is 0 Å². The molecule has 2 aromatic rings. The van der Waals surface area contributed by atoms with Crippen LogP contribution in [0.2, 0.25) is 5.02 Å². The summed E-state index contributed by atoms with van der Waals surface area (Å²) < 4.78 is 26.3. The highest BCUT2D eigenvalue weighted by molar-refractivity contribution is 7.90. The Morgan fingerprint density at radius 3 is 2.55 bits per heavy atom. The minimum absolute atomic E-state index is 0.262. The van der Waals surface area contributed by atoms with E-state index in [0.29, 0.717) is 23.0 Å². The average Bonchev–Trinajstić information content (AvgIpc) is 2.70. The molecule has 0 radical (unpaired) electrons. The van der Waals surface area contributed by atoms with Crippen molar-refractivity contribution in [2.24, 2.45) is 4.99 Å². The first-order chi connectivity index (χ1) is 9.58. The number of hydrogen-bond donors (Lipinski definition) is 1. The van der Waals surface area contributed by atoms with Gasteiger partial charge in [-0.25, -0.2) is 8.42 Å². The second kappa shape index (κ2) is 4.92. The van der Waals surface area contributed by atoms with Crippen molar-refractivity contribution in [2.75, 3.05) is 0 Å². The van der Waals surface area contributed by atoms with E-state index in [1.807, 2.05) is 18.2 Å². The summed E-state index contributed by atoms with van der Waals surface area (Å²) in [4.78, 5) is 4.60. The van der Waals surface area contributed by atoms with Crippen LogP contribution >= 0.6 is 11.6 Å². The Bertz CT molecular complexity index is 800. The lowest BCUT2D eigenvalue weighted by atomic mass is 10.2. The molecule has 0 spiro atoms. The number of nitrogens with one attached hydrogen (secondary N) is 1. The summed E-state index contributed by atoms with van der Waals surface area (Å²) in [6.45, 7) is 0.325. The van der Waals surface area contributed by atoms with E-state index >= 15 is 0 Å². The van der Waals surface area contributed by atoms with Crippen molar-refractivity contribution in [1.29, 1.82) is 0 Å². The summed E-state index contributed by atoms with van der Waals surface area (Å²) >= 11 is 6.06. The fraction of sp³-hybridized carbons (Fsp3) is 0.0714. The summed E-state index contributed by atoms with van der Waals surface area (Å²) in [5, 5.41) is 0.617. The first-order valence-corrected chi connectivity index (χ1v) is 7.84. The third-order valence-electron chi connectivity index (χ3n) is 3.03. The molecule has 1 aliphatic heterocycles. The molecular formula is C14H11ClN2O2S. The molecule has 1 heterocycles. The molecule has 0 amide bonds. The molecular weight excluding hydrogens is 296 g/mol. The van der Waals surface area contributed by atoms with Crippen LogP contribution in [-0.4, -0.2) is 14.3 Å². The van der Waals surface area contributed by atoms with Crippen molar-refractivity contribution in [3.05, 3.63) is 64.7 Å². The van der Waals surface area contributed by atoms with Gasteiger partial charge in [0.05, 0.1) is 11.4 Å². The van der Waals surface area contributed by atoms with Gasteiger partial charge in [0.2, 0.25) is 0 Å². The van der Waals surface area contributed by atoms with Gasteiger partial charge in [-0.1, -0.05) is 41.9 Å². The van der Waals surface area contributed by atoms with Gasteiger partial charge in [-0.3, -0.25) is 9.71 Å². The van der Waals surface area contributed by atoms with Gasteiger partial charge >= 0.3 is 0 Å². The summed E-state index contributed by atoms with van der Waals surface area (Å²) in [7, 11) is -3.48. The molecule has 0 fully saturated rings. The number of benzene rings is 2. The number of fused-ring (bicyclic) bond motifs is 1. The molecule has 1 N–H and O–H groups in total. The van der Waals surface area contributed by atoms with E-state index in [1.54, 1.807) is 30.3 Å². The van der Waals surface area contributed by atoms with E-state index in [9.17, 15) is 8.42 Å². The van der Waals surface area contributed by atoms with Crippen LogP contribution in [0.25, 0.3) is 0 Å². The van der Waals surface area contributed by atoms with E-state index in [0.717, 1.165) is 5.56 Å². The maximum absolute atomic E-state index is 11.9. The molecule has 102 valence electrons. The standard InChI is InChI=1S/C14H11ClN2O2S/c15-12-7-3-1-5-10(12)9-16-14-11-6-2-4-8-13(11)20(18,19)17-14/h1-8H,9H2,(H,16,17). The zero-order chi connectivity index (χ0) is 14.2. The number of aliphatic imine (C=N–C) groups is 1. The summed E-state index contributed by atoms with van der Waals surface area (Å²) in [5.41, 5.74) is 1.45. The third-order valence-corrected chi connectivity index (χ3v) is 4.79. The van der Waals surface area contributed by atoms with Gasteiger partial charge in [0.1, 0.15) is 5.84 Å². The predicted octanol–water partition coefficient (Wildman–Crippen LogP) is 2.58. The normalized spacial score (nSPS) is 17.8. The van der Waals surface area contributed by atoms with Crippen molar-refractivity contribution in [3.8, 4) is 0 Å². The van der Waals surface area contributed by atoms with Crippen molar-refractivity contribution < 1.29 is 8.42 Å². The topological polar surface area (TPSA) is 58.5 Å². The van der Waals surface area contributed by atoms with Gasteiger partial charge < -0.3 is 0 Å². The second-order valence-electron chi connectivity index (χ2n) is 4.36. The maximum Gasteiger partial charge on any atom is 0.263 e. The average molecular weight is 307 g/mol. The Balaban J connectivity index is 1.97. The molecule has 0 atom stereocenters. The van der Waals surface area contributed by atoms with Gasteiger partial charge in [0.25, 0.3) is 10.0 Å². The molecule has 1 aliphatic rings. The minimum Gasteiger partial charge on any atom is -0.263 e. The van der Waals surface area contributed by atoms with Gasteiger partial charge in [0, 0.05) is 10.6 Å². The van der Waals surface area contributed by atoms with Crippen molar-refractivity contribution in [2.45, 2.75) is 11.4 Å². The Morgan fingerprint density at radius 1 is 1.05 bits per heavy atom. The van der Waals surface area contributed by atoms with E-state index in [2.05, 4.69) is 9.71 Å². The quantitative estimate of drug-likeness (QED) is 0.927. The Labute approximate surface area is 122 Å². The lowest BCUT2D eigenvalue weighted by Gasteiger charge is -2.02. The van der Waals surface area contributed by atoms with Gasteiger partial charge in [-0.15, -0.1) is 0 Å². The highest BCUT2D eigenvalue weighted by Gasteiger charge is 2.29. The highest BCUT2D eigenvalue weighted by Crippen LogP contribution is 2.23. The smallest absolute Gasteiger partial charge is 0.263 e. The van der Waals surface area contributed by atoms with Gasteiger partial charge in [-0.2, -0.15) is 0 Å². The summed E-state index contributed by atoms with van der Waals surface area (Å²) in [5.74, 6) is 0.362. The molecule has 0 saturated carbocycles. The number of sulfonamides is 1. The molecule has 6 heteroatoms. The van der Waals surface area contributed by atoms with Gasteiger partial charge in [-0.05, 0) is 23.8 Å². The van der Waals surface area contributed by atoms with E-state index in [-0.39, 0.29) is 4.90 Å². The highest BCUT2D eigenvalue weighted by atomic mass is 35.5. The first kappa shape index (κ1) is 13.1. The SMILES string of the molecule is O=S1(=O)NC(=NCc2ccccc2Cl)c2ccccc21. The second-order valence-corrected chi connectivity index (χ2v) is 6.42. The molecule has 2 aromatic carbocycles. The van der Waals surface area contributed by atoms with Crippen LogP contribution in [0.1, 0.15) is 11.1 Å². The number of nitrogens with zero attached hydrogens (tertiary/aromatic N) is 1. The molecule has 0 aliphatic carbocycles. The van der Waals surface area contributed by atoms with Crippen LogP contribution in [0.15, 0.2) is 58.4 Å². The minimum atomic E-state index is -3.48. The molecule has 0 bridgehead atoms. The number of amidine groups is 1. The van der Waals surface area contributed by atoms with Crippen LogP contribution in [0.5, 0.6) is 0 Å². The van der Waals surface area contributed by atoms with Crippen LogP contribution < -0.4 is 4.72 Å². The molecule has 20 heavy (non-hydrogen) atoms. The Kier molecular flexibility index (Phi) is 3.23. The molecule has 4 nitrogen and oxygen atoms in total. The van der Waals surface area contributed by atoms with Crippen LogP contribution in [0, 0.1) is 0 Å². The lowest BCUT2D eigenvalue weighted by Crippen LogP contribution is -2.22. The number of halogens is 1. The zero-order valence-corrected chi connectivity index (χ0v) is 11.9. The Hall–Kier alpha value is -1.85. The summed E-state index contributed by atoms with van der Waals surface area (Å²) in [6, 6.07) is 14.1.